The van der Waals surface area contributed by atoms with E-state index in [0.29, 0.717) is 12.1 Å². The van der Waals surface area contributed by atoms with Crippen LogP contribution < -0.4 is 5.32 Å². The largest absolute Gasteiger partial charge is 0.378 e. The van der Waals surface area contributed by atoms with Gasteiger partial charge in [0, 0.05) is 32.1 Å². The molecule has 0 radical (unpaired) electrons. The second-order valence-corrected chi connectivity index (χ2v) is 5.16. The molecule has 3 heteroatoms. The van der Waals surface area contributed by atoms with Gasteiger partial charge in [0.2, 0.25) is 0 Å². The second kappa shape index (κ2) is 5.48. The van der Waals surface area contributed by atoms with Crippen LogP contribution in [0.3, 0.4) is 0 Å². The van der Waals surface area contributed by atoms with Gasteiger partial charge in [0.1, 0.15) is 0 Å². The van der Waals surface area contributed by atoms with Gasteiger partial charge in [0.25, 0.3) is 0 Å². The van der Waals surface area contributed by atoms with E-state index in [4.69, 9.17) is 9.47 Å². The molecule has 2 aliphatic rings. The molecular formula is C13H25NO2. The van der Waals surface area contributed by atoms with E-state index < -0.39 is 0 Å². The number of hydrogen-bond acceptors (Lipinski definition) is 3. The molecule has 0 amide bonds. The highest BCUT2D eigenvalue weighted by Gasteiger charge is 2.48. The molecule has 1 saturated heterocycles. The van der Waals surface area contributed by atoms with Gasteiger partial charge < -0.3 is 14.8 Å². The molecule has 1 unspecified atom stereocenters. The van der Waals surface area contributed by atoms with Crippen molar-refractivity contribution in [2.45, 2.75) is 63.7 Å². The van der Waals surface area contributed by atoms with Crippen molar-refractivity contribution in [2.24, 2.45) is 0 Å². The Labute approximate surface area is 98.9 Å². The third kappa shape index (κ3) is 2.76. The predicted octanol–water partition coefficient (Wildman–Crippen LogP) is 2.10. The Morgan fingerprint density at radius 1 is 1.31 bits per heavy atom. The van der Waals surface area contributed by atoms with E-state index in [2.05, 4.69) is 19.2 Å². The SMILES string of the molecule is CCCNC1CCOC2(C1)CC(OCC)C2. The van der Waals surface area contributed by atoms with Gasteiger partial charge in [-0.05, 0) is 32.7 Å². The number of nitrogens with one attached hydrogen (secondary N) is 1. The van der Waals surface area contributed by atoms with Gasteiger partial charge >= 0.3 is 0 Å². The third-order valence-electron chi connectivity index (χ3n) is 3.78. The first-order valence-electron chi connectivity index (χ1n) is 6.77. The Hall–Kier alpha value is -0.120. The molecule has 1 heterocycles. The van der Waals surface area contributed by atoms with Crippen LogP contribution in [0.5, 0.6) is 0 Å². The van der Waals surface area contributed by atoms with Crippen LogP contribution in [0.25, 0.3) is 0 Å². The maximum Gasteiger partial charge on any atom is 0.0746 e. The van der Waals surface area contributed by atoms with Gasteiger partial charge in [-0.3, -0.25) is 0 Å². The summed E-state index contributed by atoms with van der Waals surface area (Å²) in [5.41, 5.74) is 0.156. The standard InChI is InChI=1S/C13H25NO2/c1-3-6-14-11-5-7-16-13(8-11)9-12(10-13)15-4-2/h11-12,14H,3-10H2,1-2H3. The summed E-state index contributed by atoms with van der Waals surface area (Å²) in [6.45, 7) is 7.17. The van der Waals surface area contributed by atoms with Gasteiger partial charge in [-0.15, -0.1) is 0 Å². The molecule has 2 rings (SSSR count). The zero-order chi connectivity index (χ0) is 11.4. The van der Waals surface area contributed by atoms with Crippen molar-refractivity contribution in [3.63, 3.8) is 0 Å². The average Bonchev–Trinajstić information content (AvgIpc) is 2.25. The molecule has 94 valence electrons. The van der Waals surface area contributed by atoms with Crippen LogP contribution in [0.2, 0.25) is 0 Å². The summed E-state index contributed by atoms with van der Waals surface area (Å²) < 4.78 is 11.6. The van der Waals surface area contributed by atoms with Crippen LogP contribution in [-0.2, 0) is 9.47 Å². The zero-order valence-corrected chi connectivity index (χ0v) is 10.6. The second-order valence-electron chi connectivity index (χ2n) is 5.16. The Balaban J connectivity index is 1.75. The van der Waals surface area contributed by atoms with Crippen molar-refractivity contribution >= 4 is 0 Å². The molecule has 1 atom stereocenters. The molecule has 1 aliphatic carbocycles. The Morgan fingerprint density at radius 3 is 2.81 bits per heavy atom. The van der Waals surface area contributed by atoms with Gasteiger partial charge in [-0.1, -0.05) is 6.92 Å². The van der Waals surface area contributed by atoms with E-state index in [0.717, 1.165) is 32.6 Å². The number of hydrogen-bond donors (Lipinski definition) is 1. The monoisotopic (exact) mass is 227 g/mol. The number of ether oxygens (including phenoxy) is 2. The van der Waals surface area contributed by atoms with Crippen molar-refractivity contribution < 1.29 is 9.47 Å². The molecule has 1 saturated carbocycles. The van der Waals surface area contributed by atoms with Crippen molar-refractivity contribution in [3.8, 4) is 0 Å². The van der Waals surface area contributed by atoms with E-state index in [1.165, 1.54) is 19.3 Å². The van der Waals surface area contributed by atoms with Crippen LogP contribution >= 0.6 is 0 Å². The summed E-state index contributed by atoms with van der Waals surface area (Å²) >= 11 is 0. The lowest BCUT2D eigenvalue weighted by Crippen LogP contribution is -2.56. The van der Waals surface area contributed by atoms with Crippen LogP contribution in [0.4, 0.5) is 0 Å². The minimum Gasteiger partial charge on any atom is -0.378 e. The zero-order valence-electron chi connectivity index (χ0n) is 10.6. The molecule has 3 nitrogen and oxygen atoms in total. The van der Waals surface area contributed by atoms with E-state index in [-0.39, 0.29) is 5.60 Å². The minimum atomic E-state index is 0.156. The summed E-state index contributed by atoms with van der Waals surface area (Å²) in [5.74, 6) is 0. The van der Waals surface area contributed by atoms with Gasteiger partial charge in [0.15, 0.2) is 0 Å². The molecule has 1 aliphatic heterocycles. The van der Waals surface area contributed by atoms with Gasteiger partial charge in [-0.25, -0.2) is 0 Å². The molecular weight excluding hydrogens is 202 g/mol. The Morgan fingerprint density at radius 2 is 2.12 bits per heavy atom. The van der Waals surface area contributed by atoms with E-state index in [9.17, 15) is 0 Å². The highest BCUT2D eigenvalue weighted by molar-refractivity contribution is 5.01. The summed E-state index contributed by atoms with van der Waals surface area (Å²) in [7, 11) is 0. The Bertz CT molecular complexity index is 214. The molecule has 0 aromatic rings. The third-order valence-corrected chi connectivity index (χ3v) is 3.78. The predicted molar refractivity (Wildman–Crippen MR) is 64.6 cm³/mol. The lowest BCUT2D eigenvalue weighted by atomic mass is 9.71. The highest BCUT2D eigenvalue weighted by atomic mass is 16.5. The summed E-state index contributed by atoms with van der Waals surface area (Å²) in [5, 5.41) is 3.62. The van der Waals surface area contributed by atoms with Gasteiger partial charge in [-0.2, -0.15) is 0 Å². The van der Waals surface area contributed by atoms with Crippen molar-refractivity contribution in [1.82, 2.24) is 5.32 Å². The smallest absolute Gasteiger partial charge is 0.0746 e. The molecule has 0 aromatic carbocycles. The molecule has 2 fully saturated rings. The topological polar surface area (TPSA) is 30.5 Å². The first-order valence-corrected chi connectivity index (χ1v) is 6.77. The fourth-order valence-electron chi connectivity index (χ4n) is 2.96. The first kappa shape index (κ1) is 12.3. The molecule has 1 N–H and O–H groups in total. The van der Waals surface area contributed by atoms with Crippen molar-refractivity contribution in [3.05, 3.63) is 0 Å². The van der Waals surface area contributed by atoms with Crippen LogP contribution in [0.15, 0.2) is 0 Å². The summed E-state index contributed by atoms with van der Waals surface area (Å²) in [6.07, 6.45) is 6.22. The van der Waals surface area contributed by atoms with Crippen molar-refractivity contribution in [1.29, 1.82) is 0 Å². The Kier molecular flexibility index (Phi) is 4.22. The van der Waals surface area contributed by atoms with Gasteiger partial charge in [0.05, 0.1) is 11.7 Å². The quantitative estimate of drug-likeness (QED) is 0.780. The number of rotatable bonds is 5. The lowest BCUT2D eigenvalue weighted by Gasteiger charge is -2.51. The first-order chi connectivity index (χ1) is 7.78. The summed E-state index contributed by atoms with van der Waals surface area (Å²) in [6, 6.07) is 0.663. The maximum atomic E-state index is 5.97. The minimum absolute atomic E-state index is 0.156. The van der Waals surface area contributed by atoms with Crippen LogP contribution in [0, 0.1) is 0 Å². The lowest BCUT2D eigenvalue weighted by molar-refractivity contribution is -0.193. The molecule has 1 spiro atoms. The molecule has 0 aromatic heterocycles. The van der Waals surface area contributed by atoms with Crippen molar-refractivity contribution in [2.75, 3.05) is 19.8 Å². The average molecular weight is 227 g/mol. The summed E-state index contributed by atoms with van der Waals surface area (Å²) in [4.78, 5) is 0. The molecule has 16 heavy (non-hydrogen) atoms. The maximum absolute atomic E-state index is 5.97. The normalized spacial score (nSPS) is 38.6. The highest BCUT2D eigenvalue weighted by Crippen LogP contribution is 2.44. The molecule has 0 bridgehead atoms. The van der Waals surface area contributed by atoms with E-state index >= 15 is 0 Å². The fraction of sp³-hybridized carbons (Fsp3) is 1.00. The van der Waals surface area contributed by atoms with Crippen LogP contribution in [0.1, 0.15) is 46.0 Å². The van der Waals surface area contributed by atoms with E-state index in [1.54, 1.807) is 0 Å². The fourth-order valence-corrected chi connectivity index (χ4v) is 2.96. The van der Waals surface area contributed by atoms with Crippen LogP contribution in [-0.4, -0.2) is 37.5 Å². The van der Waals surface area contributed by atoms with E-state index in [1.807, 2.05) is 0 Å².